The van der Waals surface area contributed by atoms with Crippen molar-refractivity contribution in [2.45, 2.75) is 30.4 Å². The number of anilines is 1. The summed E-state index contributed by atoms with van der Waals surface area (Å²) >= 11 is 1.40. The monoisotopic (exact) mass is 402 g/mol. The Balaban J connectivity index is 2.08. The summed E-state index contributed by atoms with van der Waals surface area (Å²) in [4.78, 5) is 25.9. The van der Waals surface area contributed by atoms with Crippen LogP contribution in [0.15, 0.2) is 47.4 Å². The Morgan fingerprint density at radius 2 is 1.79 bits per heavy atom. The average molecular weight is 403 g/mol. The lowest BCUT2D eigenvalue weighted by Crippen LogP contribution is -2.27. The first kappa shape index (κ1) is 21.6. The molecule has 7 heteroatoms. The molecule has 2 aromatic rings. The molecule has 0 fully saturated rings. The molecule has 2 amide bonds. The summed E-state index contributed by atoms with van der Waals surface area (Å²) in [5.74, 6) is 0.863. The second-order valence-electron chi connectivity index (χ2n) is 6.07. The molecule has 2 rings (SSSR count). The highest BCUT2D eigenvalue weighted by Crippen LogP contribution is 2.33. The summed E-state index contributed by atoms with van der Waals surface area (Å²) in [6.45, 7) is 4.39. The van der Waals surface area contributed by atoms with E-state index in [-0.39, 0.29) is 17.1 Å². The zero-order valence-electron chi connectivity index (χ0n) is 16.6. The maximum atomic E-state index is 12.7. The quantitative estimate of drug-likeness (QED) is 0.621. The van der Waals surface area contributed by atoms with Crippen LogP contribution in [0.2, 0.25) is 0 Å². The zero-order chi connectivity index (χ0) is 20.5. The molecule has 0 saturated carbocycles. The summed E-state index contributed by atoms with van der Waals surface area (Å²) in [5.41, 5.74) is 0.952. The van der Waals surface area contributed by atoms with E-state index in [1.54, 1.807) is 44.6 Å². The van der Waals surface area contributed by atoms with Crippen molar-refractivity contribution < 1.29 is 19.1 Å². The molecule has 0 heterocycles. The molecule has 1 atom stereocenters. The first-order valence-corrected chi connectivity index (χ1v) is 9.94. The first-order valence-electron chi connectivity index (χ1n) is 9.06. The number of amides is 2. The molecule has 0 aliphatic heterocycles. The van der Waals surface area contributed by atoms with Crippen molar-refractivity contribution in [3.8, 4) is 11.5 Å². The Labute approximate surface area is 170 Å². The fourth-order valence-corrected chi connectivity index (χ4v) is 3.40. The predicted octanol–water partition coefficient (Wildman–Crippen LogP) is 3.96. The van der Waals surface area contributed by atoms with Crippen LogP contribution in [0.3, 0.4) is 0 Å². The molecule has 2 aromatic carbocycles. The van der Waals surface area contributed by atoms with Gasteiger partial charge in [-0.3, -0.25) is 9.59 Å². The Bertz CT molecular complexity index is 826. The molecule has 0 radical (unpaired) electrons. The van der Waals surface area contributed by atoms with E-state index in [0.29, 0.717) is 29.3 Å². The zero-order valence-corrected chi connectivity index (χ0v) is 17.4. The number of thioether (sulfide) groups is 1. The number of carbonyl (C=O) groups excluding carboxylic acids is 2. The number of methoxy groups -OCH3 is 2. The van der Waals surface area contributed by atoms with Crippen molar-refractivity contribution in [1.82, 2.24) is 5.32 Å². The smallest absolute Gasteiger partial charge is 0.253 e. The van der Waals surface area contributed by atoms with E-state index in [0.717, 1.165) is 11.3 Å². The summed E-state index contributed by atoms with van der Waals surface area (Å²) in [6, 6.07) is 12.5. The number of hydrogen-bond donors (Lipinski definition) is 2. The van der Waals surface area contributed by atoms with Gasteiger partial charge in [0.25, 0.3) is 5.91 Å². The van der Waals surface area contributed by atoms with Gasteiger partial charge in [0.2, 0.25) is 5.91 Å². The third-order valence-corrected chi connectivity index (χ3v) is 5.10. The summed E-state index contributed by atoms with van der Waals surface area (Å²) in [6.07, 6.45) is 0.846. The van der Waals surface area contributed by atoms with Crippen LogP contribution < -0.4 is 20.1 Å². The van der Waals surface area contributed by atoms with E-state index in [1.807, 2.05) is 26.0 Å². The van der Waals surface area contributed by atoms with Crippen LogP contribution in [-0.2, 0) is 4.79 Å². The van der Waals surface area contributed by atoms with Gasteiger partial charge in [0, 0.05) is 11.4 Å². The Morgan fingerprint density at radius 3 is 2.46 bits per heavy atom. The van der Waals surface area contributed by atoms with Crippen LogP contribution in [0, 0.1) is 0 Å². The molecule has 6 nitrogen and oxygen atoms in total. The fraction of sp³-hybridized carbons (Fsp3) is 0.333. The van der Waals surface area contributed by atoms with Gasteiger partial charge in [0.05, 0.1) is 30.7 Å². The molecular weight excluding hydrogens is 376 g/mol. The molecule has 0 aliphatic rings. The third kappa shape index (κ3) is 5.66. The minimum absolute atomic E-state index is 0.185. The van der Waals surface area contributed by atoms with E-state index in [4.69, 9.17) is 9.47 Å². The van der Waals surface area contributed by atoms with Gasteiger partial charge >= 0.3 is 0 Å². The molecule has 150 valence electrons. The van der Waals surface area contributed by atoms with Crippen molar-refractivity contribution in [3.63, 3.8) is 0 Å². The fourth-order valence-electron chi connectivity index (χ4n) is 2.51. The number of benzene rings is 2. The molecule has 0 saturated heterocycles. The summed E-state index contributed by atoms with van der Waals surface area (Å²) in [7, 11) is 3.15. The highest BCUT2D eigenvalue weighted by atomic mass is 32.2. The second-order valence-corrected chi connectivity index (χ2v) is 7.48. The van der Waals surface area contributed by atoms with E-state index in [2.05, 4.69) is 10.6 Å². The van der Waals surface area contributed by atoms with E-state index >= 15 is 0 Å². The Morgan fingerprint density at radius 1 is 1.07 bits per heavy atom. The topological polar surface area (TPSA) is 76.7 Å². The summed E-state index contributed by atoms with van der Waals surface area (Å²) in [5, 5.41) is 5.33. The molecule has 0 aromatic heterocycles. The van der Waals surface area contributed by atoms with Gasteiger partial charge in [-0.1, -0.05) is 19.1 Å². The maximum Gasteiger partial charge on any atom is 0.253 e. The number of nitrogens with one attached hydrogen (secondary N) is 2. The molecule has 0 aliphatic carbocycles. The lowest BCUT2D eigenvalue weighted by molar-refractivity contribution is -0.115. The van der Waals surface area contributed by atoms with Gasteiger partial charge in [0.15, 0.2) is 11.5 Å². The van der Waals surface area contributed by atoms with Gasteiger partial charge in [0.1, 0.15) is 0 Å². The van der Waals surface area contributed by atoms with Crippen molar-refractivity contribution in [2.24, 2.45) is 0 Å². The van der Waals surface area contributed by atoms with Gasteiger partial charge < -0.3 is 20.1 Å². The van der Waals surface area contributed by atoms with Crippen LogP contribution in [0.25, 0.3) is 0 Å². The highest BCUT2D eigenvalue weighted by molar-refractivity contribution is 8.00. The SMILES string of the molecule is CCCNC(=O)c1ccccc1NC(=O)[C@H](C)Sc1ccc(OC)c(OC)c1. The molecule has 2 N–H and O–H groups in total. The minimum atomic E-state index is -0.370. The lowest BCUT2D eigenvalue weighted by Gasteiger charge is -2.15. The van der Waals surface area contributed by atoms with E-state index < -0.39 is 0 Å². The minimum Gasteiger partial charge on any atom is -0.493 e. The van der Waals surface area contributed by atoms with E-state index in [1.165, 1.54) is 11.8 Å². The van der Waals surface area contributed by atoms with Crippen LogP contribution in [0.5, 0.6) is 11.5 Å². The van der Waals surface area contributed by atoms with Crippen LogP contribution >= 0.6 is 11.8 Å². The van der Waals surface area contributed by atoms with Crippen LogP contribution in [0.4, 0.5) is 5.69 Å². The van der Waals surface area contributed by atoms with E-state index in [9.17, 15) is 9.59 Å². The van der Waals surface area contributed by atoms with Gasteiger partial charge in [-0.15, -0.1) is 11.8 Å². The normalized spacial score (nSPS) is 11.4. The molecule has 0 unspecified atom stereocenters. The first-order chi connectivity index (χ1) is 13.5. The third-order valence-electron chi connectivity index (χ3n) is 4.00. The van der Waals surface area contributed by atoms with Gasteiger partial charge in [-0.05, 0) is 43.7 Å². The van der Waals surface area contributed by atoms with Crippen molar-refractivity contribution in [3.05, 3.63) is 48.0 Å². The molecule has 0 spiro atoms. The Hall–Kier alpha value is -2.67. The maximum absolute atomic E-state index is 12.7. The number of hydrogen-bond acceptors (Lipinski definition) is 5. The largest absolute Gasteiger partial charge is 0.493 e. The lowest BCUT2D eigenvalue weighted by atomic mass is 10.1. The van der Waals surface area contributed by atoms with Crippen molar-refractivity contribution in [2.75, 3.05) is 26.1 Å². The molecular formula is C21H26N2O4S. The van der Waals surface area contributed by atoms with Gasteiger partial charge in [-0.2, -0.15) is 0 Å². The van der Waals surface area contributed by atoms with Crippen LogP contribution in [0.1, 0.15) is 30.6 Å². The Kier molecular flexibility index (Phi) is 8.19. The summed E-state index contributed by atoms with van der Waals surface area (Å²) < 4.78 is 10.5. The van der Waals surface area contributed by atoms with Crippen molar-refractivity contribution >= 4 is 29.3 Å². The standard InChI is InChI=1S/C21H26N2O4S/c1-5-12-22-21(25)16-8-6-7-9-17(16)23-20(24)14(2)28-15-10-11-18(26-3)19(13-15)27-4/h6-11,13-14H,5,12H2,1-4H3,(H,22,25)(H,23,24)/t14-/m0/s1. The number of rotatable bonds is 9. The number of ether oxygens (including phenoxy) is 2. The average Bonchev–Trinajstić information content (AvgIpc) is 2.72. The van der Waals surface area contributed by atoms with Gasteiger partial charge in [-0.25, -0.2) is 0 Å². The predicted molar refractivity (Wildman–Crippen MR) is 113 cm³/mol. The highest BCUT2D eigenvalue weighted by Gasteiger charge is 2.18. The molecule has 28 heavy (non-hydrogen) atoms. The van der Waals surface area contributed by atoms with Crippen LogP contribution in [-0.4, -0.2) is 37.8 Å². The number of carbonyl (C=O) groups is 2. The number of para-hydroxylation sites is 1. The van der Waals surface area contributed by atoms with Crippen molar-refractivity contribution in [1.29, 1.82) is 0 Å². The second kappa shape index (κ2) is 10.6. The molecule has 0 bridgehead atoms.